The van der Waals surface area contributed by atoms with Crippen LogP contribution in [0.1, 0.15) is 22.7 Å². The molecule has 0 saturated carbocycles. The summed E-state index contributed by atoms with van der Waals surface area (Å²) in [6.45, 7) is 0. The molecule has 1 amide bonds. The number of rotatable bonds is 6. The van der Waals surface area contributed by atoms with Gasteiger partial charge in [0.1, 0.15) is 0 Å². The van der Waals surface area contributed by atoms with Crippen molar-refractivity contribution in [2.24, 2.45) is 0 Å². The summed E-state index contributed by atoms with van der Waals surface area (Å²) < 4.78 is 39.9. The van der Waals surface area contributed by atoms with E-state index in [0.717, 1.165) is 23.3 Å². The minimum atomic E-state index is -4.41. The van der Waals surface area contributed by atoms with Gasteiger partial charge in [0, 0.05) is 0 Å². The summed E-state index contributed by atoms with van der Waals surface area (Å²) in [5.41, 5.74) is 1.49. The minimum absolute atomic E-state index is 0.113. The maximum Gasteiger partial charge on any atom is 0.416 e. The molecule has 0 fully saturated rings. The lowest BCUT2D eigenvalue weighted by Crippen LogP contribution is -2.30. The van der Waals surface area contributed by atoms with Gasteiger partial charge in [-0.25, -0.2) is 4.98 Å². The van der Waals surface area contributed by atoms with Gasteiger partial charge in [0.05, 0.1) is 27.6 Å². The number of alkyl halides is 3. The molecule has 158 valence electrons. The Hall–Kier alpha value is -2.84. The fraction of sp³-hybridized carbons (Fsp3) is 0.130. The Morgan fingerprint density at radius 3 is 2.16 bits per heavy atom. The van der Waals surface area contributed by atoms with E-state index in [-0.39, 0.29) is 23.2 Å². The Kier molecular flexibility index (Phi) is 6.29. The highest BCUT2D eigenvalue weighted by atomic mass is 32.2. The first-order valence-corrected chi connectivity index (χ1v) is 11.2. The molecule has 0 aliphatic heterocycles. The standard InChI is InChI=1S/C23H17F3N2OS2/c24-23(25,26)17-11-12-19-18(13-17)27-22(31-19)30-14-20(29)28-21(15-7-3-1-4-8-15)16-9-5-2-6-10-16/h1-13,21H,14H2,(H,28,29). The van der Waals surface area contributed by atoms with Gasteiger partial charge in [0.25, 0.3) is 0 Å². The van der Waals surface area contributed by atoms with Crippen molar-refractivity contribution in [2.75, 3.05) is 5.75 Å². The van der Waals surface area contributed by atoms with Crippen molar-refractivity contribution in [1.82, 2.24) is 10.3 Å². The minimum Gasteiger partial charge on any atom is -0.344 e. The molecule has 1 N–H and O–H groups in total. The van der Waals surface area contributed by atoms with Crippen LogP contribution in [0.2, 0.25) is 0 Å². The van der Waals surface area contributed by atoms with Gasteiger partial charge in [0.15, 0.2) is 4.34 Å². The molecular formula is C23H17F3N2OS2. The first-order chi connectivity index (χ1) is 14.9. The van der Waals surface area contributed by atoms with E-state index in [1.807, 2.05) is 60.7 Å². The SMILES string of the molecule is O=C(CSc1nc2cc(C(F)(F)F)ccc2s1)NC(c1ccccc1)c1ccccc1. The maximum atomic E-state index is 12.9. The number of aromatic nitrogens is 1. The fourth-order valence-electron chi connectivity index (χ4n) is 3.12. The molecule has 0 aliphatic rings. The highest BCUT2D eigenvalue weighted by Crippen LogP contribution is 2.35. The van der Waals surface area contributed by atoms with Gasteiger partial charge in [-0.05, 0) is 29.3 Å². The lowest BCUT2D eigenvalue weighted by molar-refractivity contribution is -0.137. The Bertz CT molecular complexity index is 1140. The molecular weight excluding hydrogens is 441 g/mol. The number of nitrogens with zero attached hydrogens (tertiary/aromatic N) is 1. The molecule has 4 rings (SSSR count). The molecule has 0 atom stereocenters. The van der Waals surface area contributed by atoms with Crippen LogP contribution in [0.4, 0.5) is 13.2 Å². The van der Waals surface area contributed by atoms with Gasteiger partial charge in [0.2, 0.25) is 5.91 Å². The number of thioether (sulfide) groups is 1. The maximum absolute atomic E-state index is 12.9. The summed E-state index contributed by atoms with van der Waals surface area (Å²) in [6.07, 6.45) is -4.41. The van der Waals surface area contributed by atoms with E-state index >= 15 is 0 Å². The number of fused-ring (bicyclic) bond motifs is 1. The summed E-state index contributed by atoms with van der Waals surface area (Å²) in [5.74, 6) is -0.0692. The van der Waals surface area contributed by atoms with Crippen LogP contribution in [-0.4, -0.2) is 16.6 Å². The molecule has 1 aromatic heterocycles. The number of carbonyl (C=O) groups is 1. The zero-order chi connectivity index (χ0) is 21.8. The second-order valence-corrected chi connectivity index (χ2v) is 9.02. The van der Waals surface area contributed by atoms with Crippen molar-refractivity contribution < 1.29 is 18.0 Å². The van der Waals surface area contributed by atoms with Gasteiger partial charge in [-0.3, -0.25) is 4.79 Å². The fourth-order valence-corrected chi connectivity index (χ4v) is 4.98. The van der Waals surface area contributed by atoms with Crippen molar-refractivity contribution in [2.45, 2.75) is 16.6 Å². The number of hydrogen-bond acceptors (Lipinski definition) is 4. The normalized spacial score (nSPS) is 11.7. The third-order valence-electron chi connectivity index (χ3n) is 4.59. The second-order valence-electron chi connectivity index (χ2n) is 6.77. The molecule has 0 saturated heterocycles. The molecule has 0 aliphatic carbocycles. The molecule has 31 heavy (non-hydrogen) atoms. The van der Waals surface area contributed by atoms with Crippen LogP contribution in [0.15, 0.2) is 83.2 Å². The van der Waals surface area contributed by atoms with E-state index in [1.54, 1.807) is 0 Å². The highest BCUT2D eigenvalue weighted by molar-refractivity contribution is 8.01. The van der Waals surface area contributed by atoms with Crippen LogP contribution >= 0.6 is 23.1 Å². The summed E-state index contributed by atoms with van der Waals surface area (Å²) in [6, 6.07) is 22.5. The summed E-state index contributed by atoms with van der Waals surface area (Å²) in [4.78, 5) is 16.9. The quantitative estimate of drug-likeness (QED) is 0.344. The molecule has 8 heteroatoms. The first-order valence-electron chi connectivity index (χ1n) is 9.40. The third kappa shape index (κ3) is 5.26. The molecule has 0 spiro atoms. The first kappa shape index (κ1) is 21.4. The van der Waals surface area contributed by atoms with Crippen molar-refractivity contribution in [3.8, 4) is 0 Å². The molecule has 4 aromatic rings. The summed E-state index contributed by atoms with van der Waals surface area (Å²) >= 11 is 2.49. The summed E-state index contributed by atoms with van der Waals surface area (Å²) in [7, 11) is 0. The van der Waals surface area contributed by atoms with Crippen molar-refractivity contribution in [1.29, 1.82) is 0 Å². The third-order valence-corrected chi connectivity index (χ3v) is 6.77. The predicted molar refractivity (Wildman–Crippen MR) is 118 cm³/mol. The molecule has 0 unspecified atom stereocenters. The zero-order valence-electron chi connectivity index (χ0n) is 16.1. The number of thiazole rings is 1. The van der Waals surface area contributed by atoms with Crippen LogP contribution in [-0.2, 0) is 11.0 Å². The topological polar surface area (TPSA) is 42.0 Å². The molecule has 3 aromatic carbocycles. The van der Waals surface area contributed by atoms with Crippen LogP contribution in [0.5, 0.6) is 0 Å². The van der Waals surface area contributed by atoms with Crippen LogP contribution in [0, 0.1) is 0 Å². The predicted octanol–water partition coefficient (Wildman–Crippen LogP) is 6.31. The van der Waals surface area contributed by atoms with Crippen LogP contribution in [0.3, 0.4) is 0 Å². The van der Waals surface area contributed by atoms with E-state index in [2.05, 4.69) is 10.3 Å². The smallest absolute Gasteiger partial charge is 0.344 e. The largest absolute Gasteiger partial charge is 0.416 e. The number of halogens is 3. The highest BCUT2D eigenvalue weighted by Gasteiger charge is 2.30. The van der Waals surface area contributed by atoms with Gasteiger partial charge < -0.3 is 5.32 Å². The summed E-state index contributed by atoms with van der Waals surface area (Å²) in [5, 5.41) is 3.05. The number of benzene rings is 3. The van der Waals surface area contributed by atoms with E-state index in [9.17, 15) is 18.0 Å². The molecule has 0 bridgehead atoms. The average molecular weight is 459 g/mol. The monoisotopic (exact) mass is 458 g/mol. The second kappa shape index (κ2) is 9.11. The number of hydrogen-bond donors (Lipinski definition) is 1. The Labute approximate surface area is 185 Å². The van der Waals surface area contributed by atoms with Crippen molar-refractivity contribution >= 4 is 39.2 Å². The zero-order valence-corrected chi connectivity index (χ0v) is 17.7. The van der Waals surface area contributed by atoms with E-state index in [4.69, 9.17) is 0 Å². The molecule has 1 heterocycles. The van der Waals surface area contributed by atoms with Gasteiger partial charge in [-0.1, -0.05) is 72.4 Å². The number of carbonyl (C=O) groups excluding carboxylic acids is 1. The molecule has 3 nitrogen and oxygen atoms in total. The van der Waals surface area contributed by atoms with Crippen LogP contribution < -0.4 is 5.32 Å². The average Bonchev–Trinajstić information content (AvgIpc) is 3.19. The van der Waals surface area contributed by atoms with E-state index in [0.29, 0.717) is 9.04 Å². The Morgan fingerprint density at radius 2 is 1.58 bits per heavy atom. The van der Waals surface area contributed by atoms with Crippen molar-refractivity contribution in [3.63, 3.8) is 0 Å². The van der Waals surface area contributed by atoms with Crippen LogP contribution in [0.25, 0.3) is 10.2 Å². The van der Waals surface area contributed by atoms with Gasteiger partial charge in [-0.15, -0.1) is 11.3 Å². The Morgan fingerprint density at radius 1 is 0.968 bits per heavy atom. The van der Waals surface area contributed by atoms with E-state index < -0.39 is 11.7 Å². The number of amides is 1. The van der Waals surface area contributed by atoms with Gasteiger partial charge >= 0.3 is 6.18 Å². The number of nitrogens with one attached hydrogen (secondary N) is 1. The lowest BCUT2D eigenvalue weighted by atomic mass is 9.99. The lowest BCUT2D eigenvalue weighted by Gasteiger charge is -2.19. The Balaban J connectivity index is 1.46. The molecule has 0 radical (unpaired) electrons. The van der Waals surface area contributed by atoms with Gasteiger partial charge in [-0.2, -0.15) is 13.2 Å². The van der Waals surface area contributed by atoms with Crippen molar-refractivity contribution in [3.05, 3.63) is 95.6 Å². The van der Waals surface area contributed by atoms with E-state index in [1.165, 1.54) is 29.2 Å².